The van der Waals surface area contributed by atoms with Gasteiger partial charge in [-0.1, -0.05) is 153 Å². The van der Waals surface area contributed by atoms with E-state index in [1.54, 1.807) is 38.5 Å². The molecule has 3 aromatic carbocycles. The largest absolute Gasteiger partial charge is 0.508 e. The summed E-state index contributed by atoms with van der Waals surface area (Å²) in [4.78, 5) is 128. The quantitative estimate of drug-likeness (QED) is 0.0306. The highest BCUT2D eigenvalue weighted by molar-refractivity contribution is 5.87. The van der Waals surface area contributed by atoms with Crippen molar-refractivity contribution in [1.29, 1.82) is 5.26 Å². The number of ether oxygens (including phenoxy) is 13. The molecule has 0 aromatic heterocycles. The third-order valence-corrected chi connectivity index (χ3v) is 30.8. The number of benzene rings is 3. The first-order chi connectivity index (χ1) is 65.2. The Balaban J connectivity index is 0.000000340. The van der Waals surface area contributed by atoms with E-state index in [4.69, 9.17) is 71.8 Å². The van der Waals surface area contributed by atoms with Crippen molar-refractivity contribution in [3.8, 4) is 23.3 Å². The molecule has 8 fully saturated rings. The molecule has 4 bridgehead atoms. The van der Waals surface area contributed by atoms with Gasteiger partial charge in [-0.2, -0.15) is 5.26 Å². The van der Waals surface area contributed by atoms with Crippen molar-refractivity contribution in [2.75, 3.05) is 68.9 Å². The third kappa shape index (κ3) is 30.7. The van der Waals surface area contributed by atoms with Crippen LogP contribution in [-0.4, -0.2) is 206 Å². The standard InChI is InChI=1S/C18H32N4O7.C17H26O4.C15H19NO4.C14H20O4.C14H28O2.C12H24O2.2C10H14O/c1-7-18(2,3)15(23)29-9-8-19-13-14(21(11-27-5)16(19)24)22(12-28-6)17(25)20(13)10-26-4;1-7-17(3,4)16(18)21-15-13(10-19-5)8-12(2)9-14(15)11-20-6;1-4-14(2,3)12(17)19-10-8-5-9-11(10)20-13(18)15(9,6-8)7-16;1-4-14(2,3)13(16)18-10-7-5-8-9(6-7)12(15)17-11(8)10;1-8-13(6,7)12(15)16-14(9-2,10-3)11(4)5;1-8-11(4,5)10(13)14-12(6,7)9(2)3;2*1-3-8(2)9-4-6-10(11)7-5-9/h13-14H,7-12H2,1-6H3;8-9H,7,10-11H2,1-6H3;8-11H,4-6H2,1-3H3;7-11H,4-6H2,1-3H3;11H,8-10H2,1-7H3;9H,8H2,1-7H3;2*4-8,11H,3H2,1-2H3. The highest BCUT2D eigenvalue weighted by atomic mass is 16.6. The molecule has 140 heavy (non-hydrogen) atoms. The molecule has 4 aliphatic carbocycles. The predicted octanol–water partition coefficient (Wildman–Crippen LogP) is 21.7. The number of fused-ring (bicyclic) bond motifs is 3. The van der Waals surface area contributed by atoms with E-state index < -0.39 is 51.5 Å². The summed E-state index contributed by atoms with van der Waals surface area (Å²) in [5.74, 6) is 2.17. The maximum Gasteiger partial charge on any atom is 0.327 e. The first kappa shape index (κ1) is 123. The maximum atomic E-state index is 13.0. The van der Waals surface area contributed by atoms with Gasteiger partial charge in [0.15, 0.2) is 17.7 Å². The van der Waals surface area contributed by atoms with Gasteiger partial charge in [0, 0.05) is 70.3 Å². The van der Waals surface area contributed by atoms with Crippen LogP contribution in [0.4, 0.5) is 9.59 Å². The molecule has 14 atom stereocenters. The summed E-state index contributed by atoms with van der Waals surface area (Å²) in [6.07, 6.45) is 9.13. The van der Waals surface area contributed by atoms with E-state index in [0.717, 1.165) is 87.3 Å². The number of nitrogens with zero attached hydrogens (tertiary/aromatic N) is 5. The van der Waals surface area contributed by atoms with Crippen molar-refractivity contribution in [3.63, 3.8) is 0 Å². The van der Waals surface area contributed by atoms with Gasteiger partial charge in [0.2, 0.25) is 0 Å². The van der Waals surface area contributed by atoms with Crippen molar-refractivity contribution in [2.24, 2.45) is 79.3 Å². The number of amides is 4. The van der Waals surface area contributed by atoms with Crippen molar-refractivity contribution < 1.29 is 120 Å². The molecular weight excluding hydrogens is 1790 g/mol. The number of phenolic OH excluding ortho intramolecular Hbond substituents is 2. The molecule has 792 valence electrons. The van der Waals surface area contributed by atoms with Gasteiger partial charge in [0.25, 0.3) is 0 Å². The summed E-state index contributed by atoms with van der Waals surface area (Å²) < 4.78 is 70.4. The normalized spacial score (nSPS) is 22.3. The number of esters is 8. The Kier molecular flexibility index (Phi) is 47.0. The molecule has 8 aliphatic rings. The van der Waals surface area contributed by atoms with E-state index in [1.807, 2.05) is 182 Å². The zero-order chi connectivity index (χ0) is 107. The van der Waals surface area contributed by atoms with Gasteiger partial charge in [-0.3, -0.25) is 58.0 Å². The molecule has 11 rings (SSSR count). The molecule has 4 aliphatic heterocycles. The molecule has 0 spiro atoms. The Bertz CT molecular complexity index is 4460. The second kappa shape index (κ2) is 53.4. The van der Waals surface area contributed by atoms with Crippen molar-refractivity contribution >= 4 is 59.8 Å². The maximum absolute atomic E-state index is 13.0. The average Bonchev–Trinajstić information content (AvgIpc) is 1.53. The summed E-state index contributed by atoms with van der Waals surface area (Å²) in [5.41, 5.74) is 0.941. The highest BCUT2D eigenvalue weighted by Crippen LogP contribution is 2.63. The molecule has 4 heterocycles. The Morgan fingerprint density at radius 1 is 0.471 bits per heavy atom. The molecule has 4 amide bonds. The van der Waals surface area contributed by atoms with Crippen LogP contribution in [0, 0.1) is 97.6 Å². The Morgan fingerprint density at radius 2 is 0.857 bits per heavy atom. The molecule has 30 heteroatoms. The molecule has 14 unspecified atom stereocenters. The topological polar surface area (TPSA) is 368 Å². The second-order valence-electron chi connectivity index (χ2n) is 43.6. The molecule has 0 radical (unpaired) electrons. The van der Waals surface area contributed by atoms with Crippen LogP contribution in [0.2, 0.25) is 0 Å². The zero-order valence-electron chi connectivity index (χ0n) is 91.8. The fourth-order valence-corrected chi connectivity index (χ4v) is 17.1. The third-order valence-electron chi connectivity index (χ3n) is 30.8. The fraction of sp³-hybridized carbons (Fsp3) is 0.736. The SMILES string of the molecule is CCC(C)(C)C(=O)OC(C)(C)C(C)C.CCC(C)(C)C(=O)OC(CC)(CC)C(C)C.CCC(C)(C)C(=O)OC1C2CC3C(=O)OC1C3C2.CCC(C)(C)C(=O)OC1C2CC3C1OC(=O)C3(C#N)C2.CCC(C)(C)C(=O)OCCN1C(=O)N(COC)C2C1N(COC)C(=O)N2COC.CCC(C)(C)C(=O)Oc1c(COC)cc(C)cc1COC.CCC(C)c1ccc(O)cc1.CCC(C)c1ccc(O)cc1. The monoisotopic (exact) mass is 1970 g/mol. The number of hydrogen-bond acceptors (Lipinski definition) is 26. The van der Waals surface area contributed by atoms with Gasteiger partial charge in [-0.05, 0) is 253 Å². The number of aromatic hydroxyl groups is 2. The van der Waals surface area contributed by atoms with Crippen LogP contribution >= 0.6 is 0 Å². The van der Waals surface area contributed by atoms with Gasteiger partial charge in [-0.25, -0.2) is 9.59 Å². The minimum atomic E-state index is -0.974. The number of carbonyl (C=O) groups is 10. The van der Waals surface area contributed by atoms with E-state index in [1.165, 1.54) is 52.1 Å². The van der Waals surface area contributed by atoms with Gasteiger partial charge in [0.1, 0.15) is 79.7 Å². The highest BCUT2D eigenvalue weighted by Gasteiger charge is 2.73. The number of urea groups is 2. The van der Waals surface area contributed by atoms with Crippen molar-refractivity contribution in [3.05, 3.63) is 88.5 Å². The van der Waals surface area contributed by atoms with Crippen LogP contribution in [0.3, 0.4) is 0 Å². The number of aryl methyl sites for hydroxylation is 1. The zero-order valence-corrected chi connectivity index (χ0v) is 91.8. The van der Waals surface area contributed by atoms with Crippen molar-refractivity contribution in [1.82, 2.24) is 19.6 Å². The lowest BCUT2D eigenvalue weighted by Gasteiger charge is -2.38. The minimum Gasteiger partial charge on any atom is -0.508 e. The fourth-order valence-electron chi connectivity index (χ4n) is 17.1. The number of phenols is 2. The van der Waals surface area contributed by atoms with E-state index in [2.05, 4.69) is 75.3 Å². The summed E-state index contributed by atoms with van der Waals surface area (Å²) in [7, 11) is 7.68. The van der Waals surface area contributed by atoms with Crippen LogP contribution in [0.25, 0.3) is 0 Å². The van der Waals surface area contributed by atoms with Gasteiger partial charge >= 0.3 is 59.8 Å². The van der Waals surface area contributed by atoms with E-state index in [-0.39, 0.29) is 145 Å². The number of nitriles is 1. The summed E-state index contributed by atoms with van der Waals surface area (Å²) in [6.45, 7) is 62.6. The van der Waals surface area contributed by atoms with E-state index in [0.29, 0.717) is 85.2 Å². The first-order valence-electron chi connectivity index (χ1n) is 50.7. The number of rotatable bonds is 38. The number of methoxy groups -OCH3 is 5. The minimum absolute atomic E-state index is 0.00741. The van der Waals surface area contributed by atoms with Crippen LogP contribution in [-0.2, 0) is 108 Å². The lowest BCUT2D eigenvalue weighted by atomic mass is 9.74. The second-order valence-corrected chi connectivity index (χ2v) is 43.6. The van der Waals surface area contributed by atoms with Crippen LogP contribution < -0.4 is 4.74 Å². The Morgan fingerprint density at radius 3 is 1.24 bits per heavy atom. The van der Waals surface area contributed by atoms with Crippen molar-refractivity contribution in [2.45, 2.75) is 378 Å². The van der Waals surface area contributed by atoms with E-state index in [9.17, 15) is 53.2 Å². The molecular formula is C110H177N5O25. The predicted molar refractivity (Wildman–Crippen MR) is 536 cm³/mol. The van der Waals surface area contributed by atoms with Gasteiger partial charge < -0.3 is 71.8 Å². The van der Waals surface area contributed by atoms with Crippen LogP contribution in [0.15, 0.2) is 60.7 Å². The lowest BCUT2D eigenvalue weighted by molar-refractivity contribution is -0.177. The van der Waals surface area contributed by atoms with Gasteiger partial charge in [0.05, 0.1) is 64.2 Å². The number of carbonyl (C=O) groups excluding carboxylic acids is 10. The Labute approximate surface area is 837 Å². The average molecular weight is 1970 g/mol. The molecule has 4 saturated heterocycles. The molecule has 3 aromatic rings. The lowest BCUT2D eigenvalue weighted by Crippen LogP contribution is -2.48. The first-order valence-corrected chi connectivity index (χ1v) is 50.7. The summed E-state index contributed by atoms with van der Waals surface area (Å²) in [6, 6.07) is 20.3. The molecule has 2 N–H and O–H groups in total. The number of hydrogen-bond donors (Lipinski definition) is 2. The van der Waals surface area contributed by atoms with E-state index >= 15 is 0 Å². The molecule has 4 saturated carbocycles. The van der Waals surface area contributed by atoms with Crippen LogP contribution in [0.1, 0.15) is 337 Å². The Hall–Kier alpha value is -9.15. The smallest absolute Gasteiger partial charge is 0.327 e. The summed E-state index contributed by atoms with van der Waals surface area (Å²) >= 11 is 0. The van der Waals surface area contributed by atoms with Crippen LogP contribution in [0.5, 0.6) is 17.2 Å². The molecule has 30 nitrogen and oxygen atoms in total. The summed E-state index contributed by atoms with van der Waals surface area (Å²) in [5, 5.41) is 27.3. The van der Waals surface area contributed by atoms with Gasteiger partial charge in [-0.15, -0.1) is 0 Å².